The van der Waals surface area contributed by atoms with Gasteiger partial charge in [-0.3, -0.25) is 9.69 Å². The average Bonchev–Trinajstić information content (AvgIpc) is 2.88. The van der Waals surface area contributed by atoms with Crippen molar-refractivity contribution in [3.8, 4) is 5.75 Å². The fraction of sp³-hybridized carbons (Fsp3) is 0.467. The highest BCUT2D eigenvalue weighted by atomic mass is 16.5. The fourth-order valence-corrected chi connectivity index (χ4v) is 2.68. The number of amides is 1. The number of hydrogen-bond donors (Lipinski definition) is 1. The third-order valence-corrected chi connectivity index (χ3v) is 3.93. The Bertz CT molecular complexity index is 644. The molecule has 0 spiro atoms. The minimum absolute atomic E-state index is 0.158. The Morgan fingerprint density at radius 2 is 2.10 bits per heavy atom. The molecular weight excluding hydrogens is 268 g/mol. The number of H-pyrrole nitrogens is 1. The third kappa shape index (κ3) is 3.00. The molecular formula is C15H20N4O2. The zero-order chi connectivity index (χ0) is 14.8. The van der Waals surface area contributed by atoms with Crippen LogP contribution in [0.4, 0.5) is 0 Å². The first-order valence-corrected chi connectivity index (χ1v) is 7.16. The van der Waals surface area contributed by atoms with Crippen molar-refractivity contribution in [2.24, 2.45) is 0 Å². The summed E-state index contributed by atoms with van der Waals surface area (Å²) >= 11 is 0. The molecule has 21 heavy (non-hydrogen) atoms. The van der Waals surface area contributed by atoms with Gasteiger partial charge in [-0.1, -0.05) is 0 Å². The van der Waals surface area contributed by atoms with E-state index in [0.29, 0.717) is 0 Å². The molecule has 0 atom stereocenters. The number of methoxy groups -OCH3 is 1. The predicted octanol–water partition coefficient (Wildman–Crippen LogP) is 1.24. The van der Waals surface area contributed by atoms with Gasteiger partial charge in [0.2, 0.25) is 5.91 Å². The smallest absolute Gasteiger partial charge is 0.219 e. The highest BCUT2D eigenvalue weighted by molar-refractivity contribution is 5.76. The molecule has 0 bridgehead atoms. The normalized spacial score (nSPS) is 16.4. The zero-order valence-corrected chi connectivity index (χ0v) is 12.4. The number of nitrogens with zero attached hydrogens (tertiary/aromatic N) is 3. The lowest BCUT2D eigenvalue weighted by atomic mass is 10.3. The molecule has 0 unspecified atom stereocenters. The van der Waals surface area contributed by atoms with Crippen LogP contribution in [-0.2, 0) is 11.3 Å². The molecule has 1 aromatic heterocycles. The summed E-state index contributed by atoms with van der Waals surface area (Å²) in [6.07, 6.45) is 0. The SMILES string of the molecule is COc1ccc2nc(CN3CCN(C(C)=O)CC3)[nH]c2c1. The third-order valence-electron chi connectivity index (χ3n) is 3.93. The molecule has 1 fully saturated rings. The van der Waals surface area contributed by atoms with Crippen LogP contribution in [-0.4, -0.2) is 59.0 Å². The van der Waals surface area contributed by atoms with E-state index in [0.717, 1.165) is 55.3 Å². The van der Waals surface area contributed by atoms with Crippen molar-refractivity contribution in [1.29, 1.82) is 0 Å². The van der Waals surface area contributed by atoms with Crippen LogP contribution in [0.1, 0.15) is 12.7 Å². The minimum Gasteiger partial charge on any atom is -0.497 e. The maximum Gasteiger partial charge on any atom is 0.219 e. The monoisotopic (exact) mass is 288 g/mol. The van der Waals surface area contributed by atoms with Gasteiger partial charge < -0.3 is 14.6 Å². The van der Waals surface area contributed by atoms with Crippen LogP contribution in [0.3, 0.4) is 0 Å². The van der Waals surface area contributed by atoms with Crippen LogP contribution in [0.2, 0.25) is 0 Å². The van der Waals surface area contributed by atoms with Crippen LogP contribution in [0.15, 0.2) is 18.2 Å². The summed E-state index contributed by atoms with van der Waals surface area (Å²) in [7, 11) is 1.66. The molecule has 1 saturated heterocycles. The minimum atomic E-state index is 0.158. The highest BCUT2D eigenvalue weighted by Crippen LogP contribution is 2.19. The number of carbonyl (C=O) groups is 1. The van der Waals surface area contributed by atoms with E-state index in [1.54, 1.807) is 14.0 Å². The number of carbonyl (C=O) groups excluding carboxylic acids is 1. The summed E-state index contributed by atoms with van der Waals surface area (Å²) in [6, 6.07) is 5.83. The second kappa shape index (κ2) is 5.73. The maximum absolute atomic E-state index is 11.3. The Morgan fingerprint density at radius 1 is 1.33 bits per heavy atom. The quantitative estimate of drug-likeness (QED) is 0.923. The van der Waals surface area contributed by atoms with Gasteiger partial charge in [0.25, 0.3) is 0 Å². The summed E-state index contributed by atoms with van der Waals surface area (Å²) in [5.41, 5.74) is 1.94. The van der Waals surface area contributed by atoms with E-state index < -0.39 is 0 Å². The van der Waals surface area contributed by atoms with Crippen molar-refractivity contribution in [3.63, 3.8) is 0 Å². The van der Waals surface area contributed by atoms with Gasteiger partial charge in [-0.2, -0.15) is 0 Å². The molecule has 2 aromatic rings. The number of ether oxygens (including phenoxy) is 1. The van der Waals surface area contributed by atoms with E-state index in [4.69, 9.17) is 4.74 Å². The van der Waals surface area contributed by atoms with Gasteiger partial charge in [-0.05, 0) is 12.1 Å². The molecule has 6 heteroatoms. The molecule has 6 nitrogen and oxygen atoms in total. The second-order valence-electron chi connectivity index (χ2n) is 5.35. The number of nitrogens with one attached hydrogen (secondary N) is 1. The largest absolute Gasteiger partial charge is 0.497 e. The average molecular weight is 288 g/mol. The van der Waals surface area contributed by atoms with E-state index in [1.807, 2.05) is 23.1 Å². The van der Waals surface area contributed by atoms with Crippen molar-refractivity contribution >= 4 is 16.9 Å². The summed E-state index contributed by atoms with van der Waals surface area (Å²) < 4.78 is 5.22. The van der Waals surface area contributed by atoms with Crippen molar-refractivity contribution in [3.05, 3.63) is 24.0 Å². The number of aromatic nitrogens is 2. The fourth-order valence-electron chi connectivity index (χ4n) is 2.68. The van der Waals surface area contributed by atoms with Crippen molar-refractivity contribution < 1.29 is 9.53 Å². The number of fused-ring (bicyclic) bond motifs is 1. The predicted molar refractivity (Wildman–Crippen MR) is 80.2 cm³/mol. The van der Waals surface area contributed by atoms with Gasteiger partial charge in [-0.25, -0.2) is 4.98 Å². The summed E-state index contributed by atoms with van der Waals surface area (Å²) in [4.78, 5) is 23.5. The Morgan fingerprint density at radius 3 is 2.76 bits per heavy atom. The van der Waals surface area contributed by atoms with Gasteiger partial charge in [0.15, 0.2) is 0 Å². The van der Waals surface area contributed by atoms with Crippen LogP contribution in [0.5, 0.6) is 5.75 Å². The van der Waals surface area contributed by atoms with Crippen molar-refractivity contribution in [2.75, 3.05) is 33.3 Å². The molecule has 1 aliphatic heterocycles. The summed E-state index contributed by atoms with van der Waals surface area (Å²) in [5.74, 6) is 1.94. The van der Waals surface area contributed by atoms with Gasteiger partial charge in [0.1, 0.15) is 11.6 Å². The number of rotatable bonds is 3. The summed E-state index contributed by atoms with van der Waals surface area (Å²) in [5, 5.41) is 0. The van der Waals surface area contributed by atoms with Crippen LogP contribution in [0.25, 0.3) is 11.0 Å². The first-order chi connectivity index (χ1) is 10.2. The number of aromatic amines is 1. The van der Waals surface area contributed by atoms with Gasteiger partial charge in [-0.15, -0.1) is 0 Å². The lowest BCUT2D eigenvalue weighted by Gasteiger charge is -2.33. The standard InChI is InChI=1S/C15H20N4O2/c1-11(20)19-7-5-18(6-8-19)10-15-16-13-4-3-12(21-2)9-14(13)17-15/h3-4,9H,5-8,10H2,1-2H3,(H,16,17). The van der Waals surface area contributed by atoms with Crippen molar-refractivity contribution in [2.45, 2.75) is 13.5 Å². The molecule has 112 valence electrons. The molecule has 0 saturated carbocycles. The van der Waals surface area contributed by atoms with Crippen LogP contribution < -0.4 is 4.74 Å². The second-order valence-corrected chi connectivity index (χ2v) is 5.35. The topological polar surface area (TPSA) is 61.5 Å². The Labute approximate surface area is 123 Å². The Balaban J connectivity index is 1.67. The molecule has 1 N–H and O–H groups in total. The molecule has 2 heterocycles. The lowest BCUT2D eigenvalue weighted by Crippen LogP contribution is -2.47. The van der Waals surface area contributed by atoms with Crippen LogP contribution >= 0.6 is 0 Å². The maximum atomic E-state index is 11.3. The van der Waals surface area contributed by atoms with Gasteiger partial charge >= 0.3 is 0 Å². The van der Waals surface area contributed by atoms with Gasteiger partial charge in [0, 0.05) is 39.2 Å². The number of benzene rings is 1. The lowest BCUT2D eigenvalue weighted by molar-refractivity contribution is -0.130. The van der Waals surface area contributed by atoms with E-state index in [1.165, 1.54) is 0 Å². The Hall–Kier alpha value is -2.08. The van der Waals surface area contributed by atoms with E-state index >= 15 is 0 Å². The zero-order valence-electron chi connectivity index (χ0n) is 12.4. The first kappa shape index (κ1) is 13.9. The molecule has 1 aromatic carbocycles. The van der Waals surface area contributed by atoms with E-state index in [9.17, 15) is 4.79 Å². The van der Waals surface area contributed by atoms with E-state index in [2.05, 4.69) is 14.9 Å². The first-order valence-electron chi connectivity index (χ1n) is 7.16. The van der Waals surface area contributed by atoms with E-state index in [-0.39, 0.29) is 5.91 Å². The van der Waals surface area contributed by atoms with Crippen molar-refractivity contribution in [1.82, 2.24) is 19.8 Å². The van der Waals surface area contributed by atoms with Gasteiger partial charge in [0.05, 0.1) is 24.7 Å². The highest BCUT2D eigenvalue weighted by Gasteiger charge is 2.19. The molecule has 0 radical (unpaired) electrons. The molecule has 3 rings (SSSR count). The number of hydrogen-bond acceptors (Lipinski definition) is 4. The molecule has 1 aliphatic rings. The summed E-state index contributed by atoms with van der Waals surface area (Å²) in [6.45, 7) is 5.78. The molecule has 1 amide bonds. The molecule has 0 aliphatic carbocycles. The van der Waals surface area contributed by atoms with Crippen LogP contribution in [0, 0.1) is 0 Å². The Kier molecular flexibility index (Phi) is 3.79. The number of imidazole rings is 1. The number of piperazine rings is 1.